The highest BCUT2D eigenvalue weighted by Gasteiger charge is 2.26. The quantitative estimate of drug-likeness (QED) is 0.458. The molecule has 0 spiro atoms. The van der Waals surface area contributed by atoms with Gasteiger partial charge in [-0.3, -0.25) is 19.1 Å². The summed E-state index contributed by atoms with van der Waals surface area (Å²) in [7, 11) is -3.73. The average molecular weight is 373 g/mol. The van der Waals surface area contributed by atoms with Gasteiger partial charge in [0.1, 0.15) is 0 Å². The SMILES string of the molecule is Cc1ccc(S(=O)(=O)OCCCCc2ccc3c(c2)C(=O)NC3=O)cc1. The molecule has 0 radical (unpaired) electrons. The summed E-state index contributed by atoms with van der Waals surface area (Å²) in [5.74, 6) is -0.745. The molecule has 0 aliphatic carbocycles. The van der Waals surface area contributed by atoms with Crippen molar-refractivity contribution in [2.75, 3.05) is 6.61 Å². The Morgan fingerprint density at radius 3 is 2.35 bits per heavy atom. The fourth-order valence-electron chi connectivity index (χ4n) is 2.74. The molecule has 3 rings (SSSR count). The smallest absolute Gasteiger partial charge is 0.288 e. The van der Waals surface area contributed by atoms with E-state index in [0.29, 0.717) is 30.4 Å². The van der Waals surface area contributed by atoms with Crippen LogP contribution in [0.15, 0.2) is 47.4 Å². The van der Waals surface area contributed by atoms with Gasteiger partial charge in [0.05, 0.1) is 22.6 Å². The van der Waals surface area contributed by atoms with Crippen LogP contribution in [-0.4, -0.2) is 26.8 Å². The van der Waals surface area contributed by atoms with Gasteiger partial charge < -0.3 is 0 Å². The monoisotopic (exact) mass is 373 g/mol. The van der Waals surface area contributed by atoms with E-state index >= 15 is 0 Å². The van der Waals surface area contributed by atoms with Gasteiger partial charge in [-0.1, -0.05) is 23.8 Å². The Labute approximate surface area is 152 Å². The van der Waals surface area contributed by atoms with Gasteiger partial charge in [0.25, 0.3) is 21.9 Å². The normalized spacial score (nSPS) is 13.6. The van der Waals surface area contributed by atoms with Gasteiger partial charge in [-0.05, 0) is 56.0 Å². The van der Waals surface area contributed by atoms with E-state index in [1.807, 2.05) is 6.92 Å². The predicted molar refractivity (Wildman–Crippen MR) is 95.5 cm³/mol. The van der Waals surface area contributed by atoms with Crippen LogP contribution in [-0.2, 0) is 20.7 Å². The fourth-order valence-corrected chi connectivity index (χ4v) is 3.69. The van der Waals surface area contributed by atoms with Crippen LogP contribution < -0.4 is 5.32 Å². The first-order valence-corrected chi connectivity index (χ1v) is 9.72. The summed E-state index contributed by atoms with van der Waals surface area (Å²) in [6.45, 7) is 1.98. The maximum Gasteiger partial charge on any atom is 0.296 e. The summed E-state index contributed by atoms with van der Waals surface area (Å²) in [4.78, 5) is 23.3. The van der Waals surface area contributed by atoms with Crippen LogP contribution in [0.25, 0.3) is 0 Å². The minimum Gasteiger partial charge on any atom is -0.288 e. The summed E-state index contributed by atoms with van der Waals surface area (Å²) in [5, 5.41) is 2.26. The lowest BCUT2D eigenvalue weighted by Gasteiger charge is -2.06. The van der Waals surface area contributed by atoms with Crippen LogP contribution in [0.2, 0.25) is 0 Å². The lowest BCUT2D eigenvalue weighted by atomic mass is 10.0. The minimum absolute atomic E-state index is 0.0973. The van der Waals surface area contributed by atoms with Crippen LogP contribution in [0.4, 0.5) is 0 Å². The Hall–Kier alpha value is -2.51. The van der Waals surface area contributed by atoms with E-state index in [1.54, 1.807) is 30.3 Å². The molecule has 7 heteroatoms. The summed E-state index contributed by atoms with van der Waals surface area (Å²) < 4.78 is 29.2. The Morgan fingerprint density at radius 1 is 0.923 bits per heavy atom. The molecule has 1 N–H and O–H groups in total. The topological polar surface area (TPSA) is 89.5 Å². The zero-order valence-electron chi connectivity index (χ0n) is 14.3. The molecule has 2 amide bonds. The van der Waals surface area contributed by atoms with Gasteiger partial charge in [-0.2, -0.15) is 8.42 Å². The second kappa shape index (κ2) is 7.39. The molecule has 2 aromatic carbocycles. The van der Waals surface area contributed by atoms with E-state index in [0.717, 1.165) is 11.1 Å². The Kier molecular flexibility index (Phi) is 5.20. The zero-order chi connectivity index (χ0) is 18.7. The van der Waals surface area contributed by atoms with Crippen LogP contribution >= 0.6 is 0 Å². The van der Waals surface area contributed by atoms with E-state index in [9.17, 15) is 18.0 Å². The van der Waals surface area contributed by atoms with E-state index in [2.05, 4.69) is 5.32 Å². The molecule has 0 saturated carbocycles. The molecule has 0 unspecified atom stereocenters. The highest BCUT2D eigenvalue weighted by molar-refractivity contribution is 7.86. The number of imide groups is 1. The van der Waals surface area contributed by atoms with Crippen molar-refractivity contribution >= 4 is 21.9 Å². The van der Waals surface area contributed by atoms with Crippen molar-refractivity contribution in [3.05, 3.63) is 64.7 Å². The van der Waals surface area contributed by atoms with Crippen LogP contribution in [0, 0.1) is 6.92 Å². The number of hydrogen-bond acceptors (Lipinski definition) is 5. The first-order chi connectivity index (χ1) is 12.4. The average Bonchev–Trinajstić information content (AvgIpc) is 2.89. The van der Waals surface area contributed by atoms with Gasteiger partial charge in [0.15, 0.2) is 0 Å². The molecular formula is C19H19NO5S. The molecule has 1 aliphatic rings. The lowest BCUT2D eigenvalue weighted by molar-refractivity contribution is 0.0879. The van der Waals surface area contributed by atoms with Crippen LogP contribution in [0.1, 0.15) is 44.7 Å². The van der Waals surface area contributed by atoms with Crippen molar-refractivity contribution < 1.29 is 22.2 Å². The molecule has 1 aliphatic heterocycles. The summed E-state index contributed by atoms with van der Waals surface area (Å²) >= 11 is 0. The number of carbonyl (C=O) groups is 2. The van der Waals surface area contributed by atoms with Crippen molar-refractivity contribution in [2.24, 2.45) is 0 Å². The third-order valence-electron chi connectivity index (χ3n) is 4.21. The summed E-state index contributed by atoms with van der Waals surface area (Å²) in [6, 6.07) is 11.7. The van der Waals surface area contributed by atoms with Crippen molar-refractivity contribution in [1.29, 1.82) is 0 Å². The molecular weight excluding hydrogens is 354 g/mol. The molecule has 2 aromatic rings. The minimum atomic E-state index is -3.73. The first-order valence-electron chi connectivity index (χ1n) is 8.31. The molecule has 136 valence electrons. The maximum atomic E-state index is 12.1. The van der Waals surface area contributed by atoms with Gasteiger partial charge in [0.2, 0.25) is 0 Å². The third kappa shape index (κ3) is 4.00. The Morgan fingerprint density at radius 2 is 1.62 bits per heavy atom. The second-order valence-electron chi connectivity index (χ2n) is 6.21. The maximum absolute atomic E-state index is 12.1. The van der Waals surface area contributed by atoms with E-state index in [4.69, 9.17) is 4.18 Å². The number of unbranched alkanes of at least 4 members (excludes halogenated alkanes) is 1. The zero-order valence-corrected chi connectivity index (χ0v) is 15.1. The molecule has 0 bridgehead atoms. The largest absolute Gasteiger partial charge is 0.296 e. The number of amides is 2. The molecule has 0 saturated heterocycles. The van der Waals surface area contributed by atoms with Gasteiger partial charge in [-0.25, -0.2) is 0 Å². The Bertz CT molecular complexity index is 948. The van der Waals surface area contributed by atoms with Gasteiger partial charge >= 0.3 is 0 Å². The third-order valence-corrected chi connectivity index (χ3v) is 5.53. The van der Waals surface area contributed by atoms with E-state index in [-0.39, 0.29) is 23.3 Å². The number of hydrogen-bond donors (Lipinski definition) is 1. The van der Waals surface area contributed by atoms with Crippen LogP contribution in [0.3, 0.4) is 0 Å². The lowest BCUT2D eigenvalue weighted by Crippen LogP contribution is -2.19. The number of benzene rings is 2. The number of rotatable bonds is 7. The van der Waals surface area contributed by atoms with Crippen molar-refractivity contribution in [1.82, 2.24) is 5.32 Å². The first kappa shape index (κ1) is 18.3. The molecule has 1 heterocycles. The number of fused-ring (bicyclic) bond motifs is 1. The molecule has 26 heavy (non-hydrogen) atoms. The van der Waals surface area contributed by atoms with Crippen molar-refractivity contribution in [3.8, 4) is 0 Å². The predicted octanol–water partition coefficient (Wildman–Crippen LogP) is 2.61. The van der Waals surface area contributed by atoms with Gasteiger partial charge in [0, 0.05) is 0 Å². The standard InChI is InChI=1S/C19H19NO5S/c1-13-5-8-15(9-6-13)26(23,24)25-11-3-2-4-14-7-10-16-17(12-14)19(22)20-18(16)21/h5-10,12H,2-4,11H2,1H3,(H,20,21,22). The Balaban J connectivity index is 1.49. The van der Waals surface area contributed by atoms with Crippen LogP contribution in [0.5, 0.6) is 0 Å². The van der Waals surface area contributed by atoms with E-state index < -0.39 is 10.1 Å². The molecule has 0 aromatic heterocycles. The highest BCUT2D eigenvalue weighted by Crippen LogP contribution is 2.19. The summed E-state index contributed by atoms with van der Waals surface area (Å²) in [5.41, 5.74) is 2.70. The van der Waals surface area contributed by atoms with Gasteiger partial charge in [-0.15, -0.1) is 0 Å². The highest BCUT2D eigenvalue weighted by atomic mass is 32.2. The van der Waals surface area contributed by atoms with Crippen molar-refractivity contribution in [3.63, 3.8) is 0 Å². The van der Waals surface area contributed by atoms with E-state index in [1.165, 1.54) is 12.1 Å². The van der Waals surface area contributed by atoms with Crippen molar-refractivity contribution in [2.45, 2.75) is 31.1 Å². The molecule has 0 fully saturated rings. The number of nitrogens with one attached hydrogen (secondary N) is 1. The number of carbonyl (C=O) groups excluding carboxylic acids is 2. The molecule has 0 atom stereocenters. The molecule has 6 nitrogen and oxygen atoms in total. The summed E-state index contributed by atoms with van der Waals surface area (Å²) in [6.07, 6.45) is 1.94. The fraction of sp³-hybridized carbons (Fsp3) is 0.263. The second-order valence-corrected chi connectivity index (χ2v) is 7.82. The number of aryl methyl sites for hydroxylation is 2.